The predicted octanol–water partition coefficient (Wildman–Crippen LogP) is 2.91. The number of aromatic amines is 1. The Kier molecular flexibility index (Phi) is 4.97. The highest BCUT2D eigenvalue weighted by Gasteiger charge is 2.20. The van der Waals surface area contributed by atoms with E-state index in [1.807, 2.05) is 23.6 Å². The molecule has 0 radical (unpaired) electrons. The fraction of sp³-hybridized carbons (Fsp3) is 0.278. The molecule has 8 heteroatoms. The van der Waals surface area contributed by atoms with Crippen LogP contribution < -0.4 is 10.7 Å². The van der Waals surface area contributed by atoms with Crippen molar-refractivity contribution < 1.29 is 9.90 Å². The molecule has 0 saturated carbocycles. The zero-order valence-electron chi connectivity index (χ0n) is 13.7. The van der Waals surface area contributed by atoms with Gasteiger partial charge in [-0.2, -0.15) is 0 Å². The van der Waals surface area contributed by atoms with E-state index in [2.05, 4.69) is 9.97 Å². The lowest BCUT2D eigenvalue weighted by Gasteiger charge is -2.10. The number of carboxylic acids is 1. The van der Waals surface area contributed by atoms with Crippen LogP contribution in [0.4, 0.5) is 0 Å². The average Bonchev–Trinajstić information content (AvgIpc) is 3.25. The van der Waals surface area contributed by atoms with Crippen LogP contribution in [-0.4, -0.2) is 21.7 Å². The molecule has 1 aliphatic rings. The number of nitrogens with zero attached hydrogens (tertiary/aromatic N) is 1. The lowest BCUT2D eigenvalue weighted by Crippen LogP contribution is -2.24. The number of hydrogen-bond donors (Lipinski definition) is 1. The van der Waals surface area contributed by atoms with Gasteiger partial charge in [0, 0.05) is 15.5 Å². The first-order chi connectivity index (χ1) is 12.6. The summed E-state index contributed by atoms with van der Waals surface area (Å²) in [6.07, 6.45) is 6.04. The number of thioether (sulfide) groups is 1. The van der Waals surface area contributed by atoms with Crippen molar-refractivity contribution in [2.24, 2.45) is 0 Å². The molecule has 3 aromatic heterocycles. The summed E-state index contributed by atoms with van der Waals surface area (Å²) in [4.78, 5) is 34.8. The van der Waals surface area contributed by atoms with E-state index in [4.69, 9.17) is 0 Å². The summed E-state index contributed by atoms with van der Waals surface area (Å²) in [5.41, 5.74) is 0.998. The van der Waals surface area contributed by atoms with E-state index in [1.165, 1.54) is 4.88 Å². The molecule has 0 aromatic carbocycles. The Morgan fingerprint density at radius 3 is 3.00 bits per heavy atom. The zero-order chi connectivity index (χ0) is 18.1. The molecule has 1 aliphatic carbocycles. The Bertz CT molecular complexity index is 1050. The third-order valence-corrected chi connectivity index (χ3v) is 7.23. The summed E-state index contributed by atoms with van der Waals surface area (Å²) in [5, 5.41) is 13.5. The van der Waals surface area contributed by atoms with Crippen LogP contribution in [0.2, 0.25) is 0 Å². The lowest BCUT2D eigenvalue weighted by molar-refractivity contribution is -0.301. The van der Waals surface area contributed by atoms with Crippen LogP contribution in [0, 0.1) is 0 Å². The van der Waals surface area contributed by atoms with Crippen molar-refractivity contribution in [3.8, 4) is 0 Å². The minimum absolute atomic E-state index is 0.143. The second-order valence-electron chi connectivity index (χ2n) is 5.99. The summed E-state index contributed by atoms with van der Waals surface area (Å²) in [6, 6.07) is 3.86. The molecule has 0 unspecified atom stereocenters. The van der Waals surface area contributed by atoms with Gasteiger partial charge in [0.25, 0.3) is 5.56 Å². The highest BCUT2D eigenvalue weighted by Crippen LogP contribution is 2.35. The van der Waals surface area contributed by atoms with Gasteiger partial charge < -0.3 is 14.9 Å². The van der Waals surface area contributed by atoms with E-state index in [9.17, 15) is 14.7 Å². The number of aliphatic carboxylic acids is 1. The van der Waals surface area contributed by atoms with Gasteiger partial charge in [0.05, 0.1) is 16.3 Å². The number of rotatable bonds is 5. The van der Waals surface area contributed by atoms with Gasteiger partial charge in [-0.15, -0.1) is 34.4 Å². The third kappa shape index (κ3) is 3.49. The van der Waals surface area contributed by atoms with Gasteiger partial charge in [0.2, 0.25) is 0 Å². The Hall–Kier alpha value is -1.90. The number of H-pyrrole nitrogens is 1. The first-order valence-electron chi connectivity index (χ1n) is 8.24. The van der Waals surface area contributed by atoms with Crippen molar-refractivity contribution in [2.45, 2.75) is 25.7 Å². The highest BCUT2D eigenvalue weighted by atomic mass is 32.2. The SMILES string of the molecule is O=C([O-])CS/C(=C\c1cccs1)c1nc2sc3c(c2c(=O)[nH]1)CCCC3. The molecule has 0 atom stereocenters. The van der Waals surface area contributed by atoms with Crippen LogP contribution in [0.1, 0.15) is 34.0 Å². The maximum atomic E-state index is 12.7. The fourth-order valence-electron chi connectivity index (χ4n) is 3.10. The molecule has 0 saturated heterocycles. The average molecular weight is 404 g/mol. The van der Waals surface area contributed by atoms with Gasteiger partial charge >= 0.3 is 0 Å². The van der Waals surface area contributed by atoms with Crippen molar-refractivity contribution in [3.05, 3.63) is 49.0 Å². The van der Waals surface area contributed by atoms with Crippen LogP contribution >= 0.6 is 34.4 Å². The van der Waals surface area contributed by atoms with Gasteiger partial charge in [-0.05, 0) is 48.8 Å². The van der Waals surface area contributed by atoms with Crippen LogP contribution in [0.3, 0.4) is 0 Å². The molecule has 5 nitrogen and oxygen atoms in total. The lowest BCUT2D eigenvalue weighted by atomic mass is 9.97. The van der Waals surface area contributed by atoms with E-state index in [1.54, 1.807) is 22.7 Å². The van der Waals surface area contributed by atoms with Crippen molar-refractivity contribution >= 4 is 61.6 Å². The Balaban J connectivity index is 1.81. The van der Waals surface area contributed by atoms with E-state index in [0.717, 1.165) is 52.7 Å². The second-order valence-corrected chi connectivity index (χ2v) is 9.07. The third-order valence-electron chi connectivity index (χ3n) is 4.22. The number of aryl methyl sites for hydroxylation is 2. The number of aromatic nitrogens is 2. The van der Waals surface area contributed by atoms with Crippen LogP contribution in [-0.2, 0) is 17.6 Å². The van der Waals surface area contributed by atoms with Crippen LogP contribution in [0.15, 0.2) is 22.3 Å². The maximum Gasteiger partial charge on any atom is 0.260 e. The summed E-state index contributed by atoms with van der Waals surface area (Å²) in [6.45, 7) is 0. The minimum Gasteiger partial charge on any atom is -0.549 e. The van der Waals surface area contributed by atoms with E-state index in [-0.39, 0.29) is 11.3 Å². The van der Waals surface area contributed by atoms with Crippen molar-refractivity contribution in [1.29, 1.82) is 0 Å². The quantitative estimate of drug-likeness (QED) is 0.708. The zero-order valence-corrected chi connectivity index (χ0v) is 16.2. The fourth-order valence-corrected chi connectivity index (χ4v) is 5.81. The predicted molar refractivity (Wildman–Crippen MR) is 107 cm³/mol. The molecule has 0 spiro atoms. The Labute approximate surface area is 161 Å². The first kappa shape index (κ1) is 17.5. The summed E-state index contributed by atoms with van der Waals surface area (Å²) in [7, 11) is 0. The Morgan fingerprint density at radius 1 is 1.38 bits per heavy atom. The second kappa shape index (κ2) is 7.38. The largest absolute Gasteiger partial charge is 0.549 e. The van der Waals surface area contributed by atoms with Crippen LogP contribution in [0.25, 0.3) is 21.2 Å². The molecule has 3 heterocycles. The van der Waals surface area contributed by atoms with Gasteiger partial charge in [0.1, 0.15) is 10.7 Å². The van der Waals surface area contributed by atoms with Crippen molar-refractivity contribution in [1.82, 2.24) is 9.97 Å². The molecular weight excluding hydrogens is 388 g/mol. The molecule has 0 fully saturated rings. The molecule has 1 N–H and O–H groups in total. The van der Waals surface area contributed by atoms with Crippen molar-refractivity contribution in [3.63, 3.8) is 0 Å². The summed E-state index contributed by atoms with van der Waals surface area (Å²) in [5.74, 6) is -0.928. The normalized spacial score (nSPS) is 14.5. The monoisotopic (exact) mass is 403 g/mol. The number of hydrogen-bond acceptors (Lipinski definition) is 7. The van der Waals surface area contributed by atoms with E-state index >= 15 is 0 Å². The van der Waals surface area contributed by atoms with Crippen molar-refractivity contribution in [2.75, 3.05) is 5.75 Å². The molecule has 0 bridgehead atoms. The number of nitrogens with one attached hydrogen (secondary N) is 1. The molecule has 134 valence electrons. The summed E-state index contributed by atoms with van der Waals surface area (Å²) < 4.78 is 0. The smallest absolute Gasteiger partial charge is 0.260 e. The molecule has 26 heavy (non-hydrogen) atoms. The number of carbonyl (C=O) groups is 1. The highest BCUT2D eigenvalue weighted by molar-refractivity contribution is 8.09. The first-order valence-corrected chi connectivity index (χ1v) is 10.9. The van der Waals surface area contributed by atoms with Gasteiger partial charge in [0.15, 0.2) is 0 Å². The van der Waals surface area contributed by atoms with E-state index < -0.39 is 5.97 Å². The number of fused-ring (bicyclic) bond motifs is 3. The molecule has 4 rings (SSSR count). The maximum absolute atomic E-state index is 12.7. The number of carbonyl (C=O) groups excluding carboxylic acids is 1. The molecular formula is C18H15N2O3S3-. The minimum atomic E-state index is -1.15. The summed E-state index contributed by atoms with van der Waals surface area (Å²) >= 11 is 4.24. The topological polar surface area (TPSA) is 85.9 Å². The standard InChI is InChI=1S/C18H16N2O3S3/c21-14(22)9-25-13(8-10-4-3-7-24-10)16-19-17(23)15-11-5-1-2-6-12(11)26-18(15)20-16/h3-4,7-8H,1-2,5-6,9H2,(H,21,22)(H,19,20,23)/p-1/b13-8-. The molecule has 0 amide bonds. The van der Waals surface area contributed by atoms with Gasteiger partial charge in [-0.3, -0.25) is 4.79 Å². The Morgan fingerprint density at radius 2 is 2.23 bits per heavy atom. The number of carboxylic acid groups (broad SMARTS) is 1. The molecule has 0 aliphatic heterocycles. The number of thiophene rings is 2. The van der Waals surface area contributed by atoms with Gasteiger partial charge in [-0.25, -0.2) is 4.98 Å². The van der Waals surface area contributed by atoms with E-state index in [0.29, 0.717) is 16.1 Å². The molecule has 3 aromatic rings. The van der Waals surface area contributed by atoms with Gasteiger partial charge in [-0.1, -0.05) is 6.07 Å². The van der Waals surface area contributed by atoms with Crippen LogP contribution in [0.5, 0.6) is 0 Å².